The first-order valence-electron chi connectivity index (χ1n) is 9.40. The van der Waals surface area contributed by atoms with E-state index < -0.39 is 18.0 Å². The second-order valence-electron chi connectivity index (χ2n) is 6.85. The van der Waals surface area contributed by atoms with Gasteiger partial charge in [-0.05, 0) is 52.8 Å². The van der Waals surface area contributed by atoms with Crippen LogP contribution in [0.15, 0.2) is 22.6 Å². The molecule has 3 rings (SSSR count). The molecule has 0 bridgehead atoms. The smallest absolute Gasteiger partial charge is 0.375 e. The lowest BCUT2D eigenvalue weighted by molar-refractivity contribution is -0.123. The molecule has 0 spiro atoms. The highest BCUT2D eigenvalue weighted by atomic mass is 16.6. The van der Waals surface area contributed by atoms with Crippen LogP contribution in [0.4, 0.5) is 5.69 Å². The molecule has 1 N–H and O–H groups in total. The minimum absolute atomic E-state index is 0.0713. The summed E-state index contributed by atoms with van der Waals surface area (Å²) in [6.07, 6.45) is -1.01. The lowest BCUT2D eigenvalue weighted by atomic mass is 10.1. The van der Waals surface area contributed by atoms with Crippen molar-refractivity contribution in [1.29, 1.82) is 0 Å². The van der Waals surface area contributed by atoms with Crippen molar-refractivity contribution in [2.45, 2.75) is 40.7 Å². The molecule has 2 heterocycles. The minimum Gasteiger partial charge on any atom is -0.494 e. The summed E-state index contributed by atoms with van der Waals surface area (Å²) in [5.74, 6) is -0.371. The zero-order valence-corrected chi connectivity index (χ0v) is 17.5. The fourth-order valence-corrected chi connectivity index (χ4v) is 3.10. The number of nitrogens with zero attached hydrogens (tertiary/aromatic N) is 2. The first-order valence-corrected chi connectivity index (χ1v) is 9.40. The van der Waals surface area contributed by atoms with Crippen LogP contribution in [0.2, 0.25) is 0 Å². The third kappa shape index (κ3) is 3.96. The van der Waals surface area contributed by atoms with Crippen LogP contribution >= 0.6 is 0 Å². The number of aryl methyl sites for hydroxylation is 3. The molecular weight excluding hydrogens is 374 g/mol. The average molecular weight is 399 g/mol. The van der Waals surface area contributed by atoms with Gasteiger partial charge in [-0.25, -0.2) is 4.79 Å². The Hall–Kier alpha value is -3.29. The fraction of sp³-hybridized carbons (Fsp3) is 0.381. The van der Waals surface area contributed by atoms with Gasteiger partial charge in [0.1, 0.15) is 11.3 Å². The number of carbonyl (C=O) groups excluding carboxylic acids is 2. The molecule has 0 unspecified atom stereocenters. The number of ether oxygens (including phenoxy) is 2. The van der Waals surface area contributed by atoms with Crippen molar-refractivity contribution in [3.8, 4) is 5.75 Å². The third-order valence-corrected chi connectivity index (χ3v) is 4.81. The van der Waals surface area contributed by atoms with Crippen LogP contribution in [0.25, 0.3) is 11.0 Å². The van der Waals surface area contributed by atoms with Gasteiger partial charge in [-0.3, -0.25) is 9.48 Å². The van der Waals surface area contributed by atoms with E-state index >= 15 is 0 Å². The average Bonchev–Trinajstić information content (AvgIpc) is 3.13. The van der Waals surface area contributed by atoms with Gasteiger partial charge in [-0.2, -0.15) is 5.10 Å². The number of carbonyl (C=O) groups is 2. The maximum absolute atomic E-state index is 12.6. The zero-order valence-electron chi connectivity index (χ0n) is 17.5. The topological polar surface area (TPSA) is 95.6 Å². The van der Waals surface area contributed by atoms with E-state index in [1.54, 1.807) is 37.7 Å². The highest BCUT2D eigenvalue weighted by molar-refractivity contribution is 6.00. The largest absolute Gasteiger partial charge is 0.494 e. The van der Waals surface area contributed by atoms with Crippen molar-refractivity contribution in [2.24, 2.45) is 7.05 Å². The van der Waals surface area contributed by atoms with Gasteiger partial charge in [0.15, 0.2) is 6.10 Å². The predicted molar refractivity (Wildman–Crippen MR) is 108 cm³/mol. The van der Waals surface area contributed by atoms with Crippen molar-refractivity contribution in [2.75, 3.05) is 11.9 Å². The molecule has 2 aromatic heterocycles. The van der Waals surface area contributed by atoms with Gasteiger partial charge >= 0.3 is 5.97 Å². The molecular formula is C21H25N3O5. The quantitative estimate of drug-likeness (QED) is 0.636. The summed E-state index contributed by atoms with van der Waals surface area (Å²) in [5.41, 5.74) is 3.31. The lowest BCUT2D eigenvalue weighted by Crippen LogP contribution is -2.30. The van der Waals surface area contributed by atoms with E-state index in [0.717, 1.165) is 11.1 Å². The molecule has 3 aromatic rings. The molecule has 8 heteroatoms. The summed E-state index contributed by atoms with van der Waals surface area (Å²) in [4.78, 5) is 25.1. The highest BCUT2D eigenvalue weighted by Crippen LogP contribution is 2.29. The summed E-state index contributed by atoms with van der Waals surface area (Å²) in [6.45, 7) is 9.37. The number of aromatic nitrogens is 2. The van der Waals surface area contributed by atoms with Gasteiger partial charge in [0, 0.05) is 18.0 Å². The molecule has 1 aromatic carbocycles. The molecule has 1 atom stereocenters. The third-order valence-electron chi connectivity index (χ3n) is 4.81. The van der Waals surface area contributed by atoms with Crippen molar-refractivity contribution >= 4 is 28.5 Å². The van der Waals surface area contributed by atoms with Crippen LogP contribution in [0, 0.1) is 20.8 Å². The number of rotatable bonds is 6. The van der Waals surface area contributed by atoms with Crippen LogP contribution in [0.5, 0.6) is 5.75 Å². The summed E-state index contributed by atoms with van der Waals surface area (Å²) < 4.78 is 18.2. The number of furan rings is 1. The monoisotopic (exact) mass is 399 g/mol. The summed E-state index contributed by atoms with van der Waals surface area (Å²) in [7, 11) is 1.79. The van der Waals surface area contributed by atoms with Crippen LogP contribution in [-0.4, -0.2) is 34.4 Å². The molecule has 29 heavy (non-hydrogen) atoms. The Bertz CT molecular complexity index is 1080. The highest BCUT2D eigenvalue weighted by Gasteiger charge is 2.25. The van der Waals surface area contributed by atoms with Gasteiger partial charge in [0.2, 0.25) is 5.76 Å². The number of nitrogens with one attached hydrogen (secondary N) is 1. The Balaban J connectivity index is 1.75. The van der Waals surface area contributed by atoms with E-state index in [0.29, 0.717) is 34.9 Å². The van der Waals surface area contributed by atoms with Crippen molar-refractivity contribution in [3.05, 3.63) is 40.9 Å². The molecule has 0 saturated heterocycles. The molecule has 1 amide bonds. The van der Waals surface area contributed by atoms with Crippen molar-refractivity contribution in [1.82, 2.24) is 9.78 Å². The zero-order chi connectivity index (χ0) is 21.3. The Kier molecular flexibility index (Phi) is 5.63. The number of anilines is 1. The summed E-state index contributed by atoms with van der Waals surface area (Å²) in [5, 5.41) is 7.79. The number of amides is 1. The van der Waals surface area contributed by atoms with E-state index in [-0.39, 0.29) is 5.76 Å². The molecule has 0 aliphatic heterocycles. The van der Waals surface area contributed by atoms with Crippen molar-refractivity contribution in [3.63, 3.8) is 0 Å². The molecule has 154 valence electrons. The molecule has 0 aliphatic rings. The summed E-state index contributed by atoms with van der Waals surface area (Å²) in [6, 6.07) is 5.34. The number of esters is 1. The molecule has 0 aliphatic carbocycles. The van der Waals surface area contributed by atoms with E-state index in [1.165, 1.54) is 6.92 Å². The predicted octanol–water partition coefficient (Wildman–Crippen LogP) is 3.67. The van der Waals surface area contributed by atoms with Gasteiger partial charge in [-0.1, -0.05) is 0 Å². The molecule has 0 radical (unpaired) electrons. The van der Waals surface area contributed by atoms with Crippen LogP contribution in [-0.2, 0) is 16.6 Å². The maximum Gasteiger partial charge on any atom is 0.375 e. The lowest BCUT2D eigenvalue weighted by Gasteiger charge is -2.13. The van der Waals surface area contributed by atoms with E-state index in [4.69, 9.17) is 13.9 Å². The summed E-state index contributed by atoms with van der Waals surface area (Å²) >= 11 is 0. The van der Waals surface area contributed by atoms with Crippen LogP contribution in [0.3, 0.4) is 0 Å². The molecule has 0 saturated carbocycles. The first-order chi connectivity index (χ1) is 13.7. The fourth-order valence-electron chi connectivity index (χ4n) is 3.10. The number of hydrogen-bond donors (Lipinski definition) is 1. The van der Waals surface area contributed by atoms with E-state index in [1.807, 2.05) is 19.9 Å². The molecule has 8 nitrogen and oxygen atoms in total. The maximum atomic E-state index is 12.6. The number of fused-ring (bicyclic) bond motifs is 1. The van der Waals surface area contributed by atoms with Gasteiger partial charge in [-0.15, -0.1) is 0 Å². The standard InChI is InChI=1S/C21H25N3O5/c1-7-27-15-8-9-17-16(10-15)11(2)19(29-17)21(26)28-14(5)20(25)22-18-12(3)23-24(6)13(18)4/h8-10,14H,7H2,1-6H3,(H,22,25)/t14-/m1/s1. The Morgan fingerprint density at radius 3 is 2.62 bits per heavy atom. The normalized spacial score (nSPS) is 12.1. The Morgan fingerprint density at radius 2 is 2.00 bits per heavy atom. The Morgan fingerprint density at radius 1 is 1.28 bits per heavy atom. The van der Waals surface area contributed by atoms with E-state index in [2.05, 4.69) is 10.4 Å². The van der Waals surface area contributed by atoms with E-state index in [9.17, 15) is 9.59 Å². The second kappa shape index (κ2) is 7.98. The van der Waals surface area contributed by atoms with Gasteiger partial charge in [0.25, 0.3) is 5.91 Å². The molecule has 0 fully saturated rings. The van der Waals surface area contributed by atoms with Gasteiger partial charge in [0.05, 0.1) is 23.7 Å². The first kappa shape index (κ1) is 20.4. The van der Waals surface area contributed by atoms with Crippen LogP contribution < -0.4 is 10.1 Å². The second-order valence-corrected chi connectivity index (χ2v) is 6.85. The van der Waals surface area contributed by atoms with Crippen molar-refractivity contribution < 1.29 is 23.5 Å². The van der Waals surface area contributed by atoms with Crippen LogP contribution in [0.1, 0.15) is 41.4 Å². The Labute approximate surface area is 168 Å². The number of hydrogen-bond acceptors (Lipinski definition) is 6. The van der Waals surface area contributed by atoms with Gasteiger partial charge < -0.3 is 19.2 Å². The number of benzene rings is 1. The minimum atomic E-state index is -1.01. The SMILES string of the molecule is CCOc1ccc2oc(C(=O)O[C@H](C)C(=O)Nc3c(C)nn(C)c3C)c(C)c2c1.